The Labute approximate surface area is 159 Å². The van der Waals surface area contributed by atoms with Crippen LogP contribution >= 0.6 is 11.8 Å². The minimum absolute atomic E-state index is 0.147. The Morgan fingerprint density at radius 1 is 1.15 bits per heavy atom. The number of hydrogen-bond acceptors (Lipinski definition) is 5. The Balaban J connectivity index is 1.61. The molecule has 1 heterocycles. The molecule has 0 unspecified atom stereocenters. The minimum atomic E-state index is -0.468. The van der Waals surface area contributed by atoms with E-state index in [1.54, 1.807) is 38.2 Å². The molecule has 0 radical (unpaired) electrons. The van der Waals surface area contributed by atoms with Gasteiger partial charge in [0.25, 0.3) is 5.22 Å². The largest absolute Gasteiger partial charge is 0.411 e. The molecule has 0 fully saturated rings. The molecule has 2 aromatic carbocycles. The highest BCUT2D eigenvalue weighted by molar-refractivity contribution is 8.00. The molecule has 1 atom stereocenters. The number of rotatable bonds is 6. The fourth-order valence-corrected chi connectivity index (χ4v) is 3.26. The average molecular weight is 389 g/mol. The number of hydrogen-bond donors (Lipinski definition) is 0. The van der Waals surface area contributed by atoms with E-state index < -0.39 is 5.25 Å². The van der Waals surface area contributed by atoms with Crippen LogP contribution in [0, 0.1) is 11.6 Å². The van der Waals surface area contributed by atoms with Gasteiger partial charge in [0.1, 0.15) is 11.6 Å². The third kappa shape index (κ3) is 4.91. The highest BCUT2D eigenvalue weighted by atomic mass is 32.2. The average Bonchev–Trinajstić information content (AvgIpc) is 3.10. The van der Waals surface area contributed by atoms with E-state index in [0.29, 0.717) is 17.7 Å². The van der Waals surface area contributed by atoms with Crippen molar-refractivity contribution < 1.29 is 18.0 Å². The molecule has 8 heteroatoms. The van der Waals surface area contributed by atoms with Gasteiger partial charge in [0.05, 0.1) is 5.25 Å². The molecule has 5 nitrogen and oxygen atoms in total. The maximum absolute atomic E-state index is 13.3. The summed E-state index contributed by atoms with van der Waals surface area (Å²) in [5.74, 6) is -0.584. The first-order chi connectivity index (χ1) is 12.9. The Morgan fingerprint density at radius 2 is 1.89 bits per heavy atom. The van der Waals surface area contributed by atoms with Crippen molar-refractivity contribution in [2.45, 2.75) is 23.9 Å². The molecular formula is C19H17F2N3O2S. The van der Waals surface area contributed by atoms with Crippen molar-refractivity contribution in [3.63, 3.8) is 0 Å². The van der Waals surface area contributed by atoms with Crippen molar-refractivity contribution in [1.29, 1.82) is 0 Å². The molecular weight excluding hydrogens is 372 g/mol. The van der Waals surface area contributed by atoms with E-state index in [9.17, 15) is 13.6 Å². The Morgan fingerprint density at radius 3 is 2.59 bits per heavy atom. The molecule has 3 aromatic rings. The number of benzene rings is 2. The lowest BCUT2D eigenvalue weighted by atomic mass is 10.2. The van der Waals surface area contributed by atoms with Crippen LogP contribution < -0.4 is 0 Å². The van der Waals surface area contributed by atoms with Crippen LogP contribution in [-0.2, 0) is 11.3 Å². The number of nitrogens with zero attached hydrogens (tertiary/aromatic N) is 3. The highest BCUT2D eigenvalue weighted by Gasteiger charge is 2.22. The van der Waals surface area contributed by atoms with Crippen molar-refractivity contribution in [1.82, 2.24) is 15.1 Å². The van der Waals surface area contributed by atoms with Gasteiger partial charge in [-0.2, -0.15) is 0 Å². The van der Waals surface area contributed by atoms with Crippen LogP contribution in [0.2, 0.25) is 0 Å². The maximum Gasteiger partial charge on any atom is 0.277 e. The smallest absolute Gasteiger partial charge is 0.277 e. The summed E-state index contributed by atoms with van der Waals surface area (Å²) in [5.41, 5.74) is 1.30. The van der Waals surface area contributed by atoms with Crippen LogP contribution in [-0.4, -0.2) is 33.3 Å². The zero-order valence-electron chi connectivity index (χ0n) is 14.7. The number of thioether (sulfide) groups is 1. The van der Waals surface area contributed by atoms with Gasteiger partial charge in [-0.05, 0) is 48.9 Å². The van der Waals surface area contributed by atoms with Crippen LogP contribution in [0.25, 0.3) is 11.5 Å². The van der Waals surface area contributed by atoms with Gasteiger partial charge in [-0.3, -0.25) is 4.79 Å². The Hall–Kier alpha value is -2.74. The minimum Gasteiger partial charge on any atom is -0.411 e. The van der Waals surface area contributed by atoms with E-state index in [2.05, 4.69) is 10.2 Å². The van der Waals surface area contributed by atoms with Crippen LogP contribution in [0.15, 0.2) is 58.2 Å². The molecule has 0 aliphatic carbocycles. The van der Waals surface area contributed by atoms with Gasteiger partial charge in [-0.25, -0.2) is 8.78 Å². The van der Waals surface area contributed by atoms with Crippen LogP contribution in [0.1, 0.15) is 12.5 Å². The molecule has 0 saturated carbocycles. The second-order valence-electron chi connectivity index (χ2n) is 5.96. The predicted octanol–water partition coefficient (Wildman–Crippen LogP) is 4.15. The summed E-state index contributed by atoms with van der Waals surface area (Å²) >= 11 is 1.13. The Bertz CT molecular complexity index is 931. The standard InChI is InChI=1S/C19H17F2N3O2S/c1-12(18(25)24(2)11-13-4-3-5-16(21)10-13)27-19-23-22-17(26-19)14-6-8-15(20)9-7-14/h3-10,12H,11H2,1-2H3/t12-/m0/s1. The van der Waals surface area contributed by atoms with Gasteiger partial charge < -0.3 is 9.32 Å². The maximum atomic E-state index is 13.3. The van der Waals surface area contributed by atoms with Gasteiger partial charge in [0.15, 0.2) is 0 Å². The van der Waals surface area contributed by atoms with Gasteiger partial charge in [-0.1, -0.05) is 23.9 Å². The lowest BCUT2D eigenvalue weighted by Gasteiger charge is -2.20. The topological polar surface area (TPSA) is 59.2 Å². The number of aromatic nitrogens is 2. The van der Waals surface area contributed by atoms with Crippen molar-refractivity contribution >= 4 is 17.7 Å². The van der Waals surface area contributed by atoms with Gasteiger partial charge in [0.2, 0.25) is 11.8 Å². The van der Waals surface area contributed by atoms with E-state index in [-0.39, 0.29) is 28.7 Å². The molecule has 140 valence electrons. The number of carbonyl (C=O) groups is 1. The first kappa shape index (κ1) is 19.0. The molecule has 0 aliphatic heterocycles. The van der Waals surface area contributed by atoms with E-state index >= 15 is 0 Å². The van der Waals surface area contributed by atoms with Crippen molar-refractivity contribution in [2.24, 2.45) is 0 Å². The SMILES string of the molecule is C[C@H](Sc1nnc(-c2ccc(F)cc2)o1)C(=O)N(C)Cc1cccc(F)c1. The summed E-state index contributed by atoms with van der Waals surface area (Å²) in [6, 6.07) is 11.8. The third-order valence-corrected chi connectivity index (χ3v) is 4.73. The molecule has 1 amide bonds. The fraction of sp³-hybridized carbons (Fsp3) is 0.211. The summed E-state index contributed by atoms with van der Waals surface area (Å²) < 4.78 is 31.8. The van der Waals surface area contributed by atoms with Crippen molar-refractivity contribution in [3.8, 4) is 11.5 Å². The third-order valence-electron chi connectivity index (χ3n) is 3.81. The van der Waals surface area contributed by atoms with Crippen LogP contribution in [0.5, 0.6) is 0 Å². The molecule has 0 aliphatic rings. The quantitative estimate of drug-likeness (QED) is 0.593. The fourth-order valence-electron chi connectivity index (χ4n) is 2.47. The number of carbonyl (C=O) groups excluding carboxylic acids is 1. The summed E-state index contributed by atoms with van der Waals surface area (Å²) in [6.45, 7) is 2.03. The van der Waals surface area contributed by atoms with Crippen molar-refractivity contribution in [3.05, 3.63) is 65.7 Å². The zero-order chi connectivity index (χ0) is 19.4. The number of amides is 1. The van der Waals surface area contributed by atoms with Gasteiger partial charge in [0, 0.05) is 19.2 Å². The summed E-state index contributed by atoms with van der Waals surface area (Å²) in [6.07, 6.45) is 0. The highest BCUT2D eigenvalue weighted by Crippen LogP contribution is 2.27. The van der Waals surface area contributed by atoms with Crippen LogP contribution in [0.4, 0.5) is 8.78 Å². The molecule has 3 rings (SSSR count). The van der Waals surface area contributed by atoms with E-state index in [1.165, 1.54) is 29.2 Å². The van der Waals surface area contributed by atoms with E-state index in [4.69, 9.17) is 4.42 Å². The first-order valence-electron chi connectivity index (χ1n) is 8.18. The molecule has 0 N–H and O–H groups in total. The van der Waals surface area contributed by atoms with E-state index in [1.807, 2.05) is 0 Å². The van der Waals surface area contributed by atoms with Crippen LogP contribution in [0.3, 0.4) is 0 Å². The molecule has 0 saturated heterocycles. The molecule has 0 spiro atoms. The van der Waals surface area contributed by atoms with Crippen molar-refractivity contribution in [2.75, 3.05) is 7.05 Å². The predicted molar refractivity (Wildman–Crippen MR) is 97.9 cm³/mol. The monoisotopic (exact) mass is 389 g/mol. The second kappa shape index (κ2) is 8.30. The lowest BCUT2D eigenvalue weighted by Crippen LogP contribution is -2.32. The normalized spacial score (nSPS) is 12.0. The second-order valence-corrected chi connectivity index (χ2v) is 7.26. The molecule has 1 aromatic heterocycles. The van der Waals surface area contributed by atoms with E-state index in [0.717, 1.165) is 11.8 Å². The molecule has 0 bridgehead atoms. The summed E-state index contributed by atoms with van der Waals surface area (Å²) in [5, 5.41) is 7.63. The Kier molecular flexibility index (Phi) is 5.85. The zero-order valence-corrected chi connectivity index (χ0v) is 15.5. The van der Waals surface area contributed by atoms with Gasteiger partial charge in [-0.15, -0.1) is 10.2 Å². The number of halogens is 2. The van der Waals surface area contributed by atoms with Gasteiger partial charge >= 0.3 is 0 Å². The first-order valence-corrected chi connectivity index (χ1v) is 9.06. The summed E-state index contributed by atoms with van der Waals surface area (Å²) in [7, 11) is 1.65. The lowest BCUT2D eigenvalue weighted by molar-refractivity contribution is -0.129. The molecule has 27 heavy (non-hydrogen) atoms. The summed E-state index contributed by atoms with van der Waals surface area (Å²) in [4.78, 5) is 14.0.